The summed E-state index contributed by atoms with van der Waals surface area (Å²) in [4.78, 5) is 0. The van der Waals surface area contributed by atoms with Gasteiger partial charge in [0.15, 0.2) is 5.03 Å². The molecule has 0 saturated heterocycles. The number of hydrogen-bond acceptors (Lipinski definition) is 6. The van der Waals surface area contributed by atoms with Crippen LogP contribution in [0.5, 0.6) is 0 Å². The lowest BCUT2D eigenvalue weighted by Gasteiger charge is -2.06. The van der Waals surface area contributed by atoms with E-state index in [0.717, 1.165) is 0 Å². The minimum absolute atomic E-state index is 0.123. The lowest BCUT2D eigenvalue weighted by Crippen LogP contribution is -2.28. The van der Waals surface area contributed by atoms with Gasteiger partial charge in [0, 0.05) is 19.2 Å². The maximum Gasteiger partial charge on any atom is 0.257 e. The van der Waals surface area contributed by atoms with Crippen LogP contribution in [0.3, 0.4) is 0 Å². The van der Waals surface area contributed by atoms with Gasteiger partial charge in [-0.25, -0.2) is 13.1 Å². The highest BCUT2D eigenvalue weighted by Gasteiger charge is 2.19. The van der Waals surface area contributed by atoms with Crippen molar-refractivity contribution >= 4 is 10.0 Å². The third-order valence-corrected chi connectivity index (χ3v) is 3.56. The molecule has 0 aliphatic carbocycles. The summed E-state index contributed by atoms with van der Waals surface area (Å²) in [5.74, 6) is 0. The number of H-pyrrole nitrogens is 1. The van der Waals surface area contributed by atoms with E-state index in [1.54, 1.807) is 7.11 Å². The SMILES string of the molecule is COCCOCCNS(=O)(=O)c1[nH]ncc1CO. The predicted octanol–water partition coefficient (Wildman–Crippen LogP) is -1.16. The normalized spacial score (nSPS) is 11.9. The average molecular weight is 279 g/mol. The van der Waals surface area contributed by atoms with Gasteiger partial charge in [-0.1, -0.05) is 0 Å². The summed E-state index contributed by atoms with van der Waals surface area (Å²) in [6.07, 6.45) is 1.27. The quantitative estimate of drug-likeness (QED) is 0.492. The Bertz CT molecular complexity index is 445. The number of ether oxygens (including phenoxy) is 2. The number of nitrogens with zero attached hydrogens (tertiary/aromatic N) is 1. The molecule has 0 aliphatic rings. The third kappa shape index (κ3) is 4.35. The molecule has 1 aromatic heterocycles. The van der Waals surface area contributed by atoms with Crippen LogP contribution >= 0.6 is 0 Å². The molecule has 9 heteroatoms. The molecule has 18 heavy (non-hydrogen) atoms. The Balaban J connectivity index is 2.41. The molecule has 1 heterocycles. The first kappa shape index (κ1) is 15.1. The van der Waals surface area contributed by atoms with Crippen molar-refractivity contribution in [1.82, 2.24) is 14.9 Å². The zero-order chi connectivity index (χ0) is 13.4. The molecule has 0 aliphatic heterocycles. The lowest BCUT2D eigenvalue weighted by atomic mass is 10.4. The number of aliphatic hydroxyl groups is 1. The van der Waals surface area contributed by atoms with Crippen molar-refractivity contribution in [3.8, 4) is 0 Å². The summed E-state index contributed by atoms with van der Waals surface area (Å²) < 4.78 is 35.8. The van der Waals surface area contributed by atoms with E-state index in [1.165, 1.54) is 6.20 Å². The molecule has 0 bridgehead atoms. The van der Waals surface area contributed by atoms with Crippen LogP contribution in [-0.4, -0.2) is 57.2 Å². The molecule has 0 saturated carbocycles. The van der Waals surface area contributed by atoms with Gasteiger partial charge in [-0.15, -0.1) is 0 Å². The molecule has 1 aromatic rings. The van der Waals surface area contributed by atoms with Gasteiger partial charge in [0.2, 0.25) is 0 Å². The Kier molecular flexibility index (Phi) is 6.22. The Morgan fingerprint density at radius 3 is 2.89 bits per heavy atom. The fourth-order valence-corrected chi connectivity index (χ4v) is 2.34. The van der Waals surface area contributed by atoms with Gasteiger partial charge in [-0.05, 0) is 0 Å². The van der Waals surface area contributed by atoms with Crippen LogP contribution in [0.4, 0.5) is 0 Å². The van der Waals surface area contributed by atoms with E-state index in [-0.39, 0.29) is 23.7 Å². The minimum Gasteiger partial charge on any atom is -0.392 e. The fraction of sp³-hybridized carbons (Fsp3) is 0.667. The zero-order valence-corrected chi connectivity index (χ0v) is 10.9. The number of hydrogen-bond donors (Lipinski definition) is 3. The summed E-state index contributed by atoms with van der Waals surface area (Å²) in [5, 5.41) is 14.7. The van der Waals surface area contributed by atoms with E-state index in [4.69, 9.17) is 14.6 Å². The highest BCUT2D eigenvalue weighted by molar-refractivity contribution is 7.89. The topological polar surface area (TPSA) is 114 Å². The van der Waals surface area contributed by atoms with E-state index in [2.05, 4.69) is 14.9 Å². The van der Waals surface area contributed by atoms with Gasteiger partial charge >= 0.3 is 0 Å². The molecule has 1 rings (SSSR count). The van der Waals surface area contributed by atoms with E-state index < -0.39 is 16.6 Å². The third-order valence-electron chi connectivity index (χ3n) is 2.09. The second-order valence-electron chi connectivity index (χ2n) is 3.39. The van der Waals surface area contributed by atoms with Crippen LogP contribution < -0.4 is 4.72 Å². The summed E-state index contributed by atoms with van der Waals surface area (Å²) in [7, 11) is -2.14. The van der Waals surface area contributed by atoms with Crippen molar-refractivity contribution in [3.63, 3.8) is 0 Å². The molecule has 0 atom stereocenters. The van der Waals surface area contributed by atoms with Crippen molar-refractivity contribution in [2.45, 2.75) is 11.6 Å². The zero-order valence-electron chi connectivity index (χ0n) is 10.0. The second kappa shape index (κ2) is 7.44. The van der Waals surface area contributed by atoms with Gasteiger partial charge in [0.05, 0.1) is 32.6 Å². The van der Waals surface area contributed by atoms with Gasteiger partial charge in [0.1, 0.15) is 0 Å². The number of nitrogens with one attached hydrogen (secondary N) is 2. The Hall–Kier alpha value is -1.00. The number of aliphatic hydroxyl groups excluding tert-OH is 1. The molecule has 3 N–H and O–H groups in total. The van der Waals surface area contributed by atoms with Crippen LogP contribution in [0.2, 0.25) is 0 Å². The summed E-state index contributed by atoms with van der Waals surface area (Å²) >= 11 is 0. The Morgan fingerprint density at radius 2 is 2.22 bits per heavy atom. The minimum atomic E-state index is -3.69. The number of sulfonamides is 1. The van der Waals surface area contributed by atoms with Crippen molar-refractivity contribution in [3.05, 3.63) is 11.8 Å². The van der Waals surface area contributed by atoms with Gasteiger partial charge < -0.3 is 14.6 Å². The summed E-state index contributed by atoms with van der Waals surface area (Å²) in [6, 6.07) is 0. The molecular formula is C9H17N3O5S. The maximum absolute atomic E-state index is 11.8. The number of aromatic nitrogens is 2. The van der Waals surface area contributed by atoms with Gasteiger partial charge in [-0.3, -0.25) is 5.10 Å². The van der Waals surface area contributed by atoms with Crippen LogP contribution in [-0.2, 0) is 26.1 Å². The average Bonchev–Trinajstić information content (AvgIpc) is 2.82. The van der Waals surface area contributed by atoms with E-state index in [0.29, 0.717) is 13.2 Å². The van der Waals surface area contributed by atoms with Crippen LogP contribution in [0.15, 0.2) is 11.2 Å². The van der Waals surface area contributed by atoms with Crippen LogP contribution in [0, 0.1) is 0 Å². The van der Waals surface area contributed by atoms with Crippen molar-refractivity contribution in [1.29, 1.82) is 0 Å². The maximum atomic E-state index is 11.8. The van der Waals surface area contributed by atoms with Crippen LogP contribution in [0.25, 0.3) is 0 Å². The summed E-state index contributed by atoms with van der Waals surface area (Å²) in [5.41, 5.74) is 0.225. The molecular weight excluding hydrogens is 262 g/mol. The standard InChI is InChI=1S/C9H17N3O5S/c1-16-4-5-17-3-2-11-18(14,15)9-8(7-13)6-10-12-9/h6,11,13H,2-5,7H2,1H3,(H,10,12). The van der Waals surface area contributed by atoms with E-state index >= 15 is 0 Å². The first-order valence-corrected chi connectivity index (χ1v) is 6.79. The van der Waals surface area contributed by atoms with Crippen molar-refractivity contribution in [2.75, 3.05) is 33.5 Å². The number of aromatic amines is 1. The van der Waals surface area contributed by atoms with Crippen molar-refractivity contribution in [2.24, 2.45) is 0 Å². The molecule has 8 nitrogen and oxygen atoms in total. The molecule has 104 valence electrons. The second-order valence-corrected chi connectivity index (χ2v) is 5.09. The predicted molar refractivity (Wildman–Crippen MR) is 62.4 cm³/mol. The lowest BCUT2D eigenvalue weighted by molar-refractivity contribution is 0.0736. The van der Waals surface area contributed by atoms with Gasteiger partial charge in [-0.2, -0.15) is 5.10 Å². The summed E-state index contributed by atoms with van der Waals surface area (Å²) in [6.45, 7) is 0.852. The van der Waals surface area contributed by atoms with Crippen molar-refractivity contribution < 1.29 is 23.0 Å². The molecule has 0 spiro atoms. The number of rotatable bonds is 9. The molecule has 0 radical (unpaired) electrons. The number of methoxy groups -OCH3 is 1. The molecule has 0 fully saturated rings. The Labute approximate surface area is 105 Å². The first-order valence-electron chi connectivity index (χ1n) is 5.31. The van der Waals surface area contributed by atoms with E-state index in [9.17, 15) is 8.42 Å². The Morgan fingerprint density at radius 1 is 1.44 bits per heavy atom. The smallest absolute Gasteiger partial charge is 0.257 e. The van der Waals surface area contributed by atoms with Gasteiger partial charge in [0.25, 0.3) is 10.0 Å². The molecule has 0 aromatic carbocycles. The van der Waals surface area contributed by atoms with Crippen LogP contribution in [0.1, 0.15) is 5.56 Å². The fourth-order valence-electron chi connectivity index (χ4n) is 1.21. The molecule has 0 unspecified atom stereocenters. The molecule has 0 amide bonds. The highest BCUT2D eigenvalue weighted by atomic mass is 32.2. The largest absolute Gasteiger partial charge is 0.392 e. The monoisotopic (exact) mass is 279 g/mol. The van der Waals surface area contributed by atoms with E-state index in [1.807, 2.05) is 0 Å². The first-order chi connectivity index (χ1) is 8.61. The highest BCUT2D eigenvalue weighted by Crippen LogP contribution is 2.10.